The third kappa shape index (κ3) is 12.3. The van der Waals surface area contributed by atoms with Gasteiger partial charge in [0.05, 0.1) is 24.9 Å². The number of pyridine rings is 1. The zero-order valence-electron chi connectivity index (χ0n) is 36.7. The number of carboxylic acid groups (broad SMARTS) is 1. The Morgan fingerprint density at radius 3 is 1.95 bits per heavy atom. The summed E-state index contributed by atoms with van der Waals surface area (Å²) in [6, 6.07) is 28.9. The van der Waals surface area contributed by atoms with Crippen molar-refractivity contribution >= 4 is 23.9 Å². The van der Waals surface area contributed by atoms with Crippen molar-refractivity contribution < 1.29 is 34.1 Å². The Balaban J connectivity index is 1.43. The number of aliphatic hydroxyl groups excluding tert-OH is 1. The summed E-state index contributed by atoms with van der Waals surface area (Å²) in [6.45, 7) is 12.5. The lowest BCUT2D eigenvalue weighted by Crippen LogP contribution is -2.59. The summed E-state index contributed by atoms with van der Waals surface area (Å²) >= 11 is 0. The summed E-state index contributed by atoms with van der Waals surface area (Å²) < 4.78 is 5.30. The molecule has 5 atom stereocenters. The van der Waals surface area contributed by atoms with Gasteiger partial charge in [0.15, 0.2) is 0 Å². The summed E-state index contributed by atoms with van der Waals surface area (Å²) in [5.41, 5.74) is 2.87. The largest absolute Gasteiger partial charge is 0.481 e. The smallest absolute Gasteiger partial charge is 0.407 e. The van der Waals surface area contributed by atoms with Crippen LogP contribution in [0.3, 0.4) is 0 Å². The topological polar surface area (TPSA) is 165 Å². The summed E-state index contributed by atoms with van der Waals surface area (Å²) in [5.74, 6) is -0.410. The number of amides is 5. The van der Waals surface area contributed by atoms with Crippen LogP contribution in [-0.2, 0) is 29.0 Å². The lowest BCUT2D eigenvalue weighted by Gasteiger charge is -2.38. The predicted octanol–water partition coefficient (Wildman–Crippen LogP) is 6.64. The fraction of sp³-hybridized carbons (Fsp3) is 0.438. The quantitative estimate of drug-likeness (QED) is 0.0920. The molecule has 1 saturated heterocycles. The zero-order chi connectivity index (χ0) is 44.5. The van der Waals surface area contributed by atoms with Crippen LogP contribution in [0.1, 0.15) is 64.7 Å². The van der Waals surface area contributed by atoms with Crippen molar-refractivity contribution in [2.45, 2.75) is 97.6 Å². The molecule has 0 unspecified atom stereocenters. The molecule has 61 heavy (non-hydrogen) atoms. The number of carbonyl (C=O) groups excluding carboxylic acids is 3. The first-order valence-corrected chi connectivity index (χ1v) is 20.8. The highest BCUT2D eigenvalue weighted by Crippen LogP contribution is 2.30. The molecule has 1 aliphatic rings. The highest BCUT2D eigenvalue weighted by Gasteiger charge is 2.44. The van der Waals surface area contributed by atoms with Gasteiger partial charge in [0.25, 0.3) is 0 Å². The first-order chi connectivity index (χ1) is 28.8. The molecule has 1 aromatic heterocycles. The van der Waals surface area contributed by atoms with Crippen molar-refractivity contribution in [3.05, 3.63) is 120 Å². The van der Waals surface area contributed by atoms with E-state index in [1.54, 1.807) is 43.7 Å². The van der Waals surface area contributed by atoms with Crippen LogP contribution in [0.25, 0.3) is 11.3 Å². The molecule has 0 bridgehead atoms. The number of likely N-dealkylation sites (N-methyl/N-ethyl adjacent to an activating group) is 1. The Labute approximate surface area is 360 Å². The Morgan fingerprint density at radius 1 is 0.770 bits per heavy atom. The second kappa shape index (κ2) is 20.1. The summed E-state index contributed by atoms with van der Waals surface area (Å²) in [7, 11) is 2.92. The maximum absolute atomic E-state index is 14.6. The molecule has 0 aliphatic carbocycles. The van der Waals surface area contributed by atoms with E-state index >= 15 is 0 Å². The number of nitrogens with zero attached hydrogens (tertiary/aromatic N) is 4. The second-order valence-corrected chi connectivity index (χ2v) is 18.1. The Hall–Kier alpha value is -5.95. The van der Waals surface area contributed by atoms with E-state index in [9.17, 15) is 29.4 Å². The average molecular weight is 835 g/mol. The summed E-state index contributed by atoms with van der Waals surface area (Å²) in [6.07, 6.45) is -1.85. The molecule has 4 aromatic rings. The number of hydrogen-bond donors (Lipinski definition) is 4. The van der Waals surface area contributed by atoms with E-state index < -0.39 is 53.1 Å². The van der Waals surface area contributed by atoms with Gasteiger partial charge in [-0.05, 0) is 52.8 Å². The third-order valence-electron chi connectivity index (χ3n) is 11.1. The minimum Gasteiger partial charge on any atom is -0.481 e. The van der Waals surface area contributed by atoms with Gasteiger partial charge in [-0.25, -0.2) is 14.6 Å². The van der Waals surface area contributed by atoms with Crippen molar-refractivity contribution in [1.29, 1.82) is 0 Å². The third-order valence-corrected chi connectivity index (χ3v) is 11.1. The molecule has 13 nitrogen and oxygen atoms in total. The van der Waals surface area contributed by atoms with Crippen LogP contribution in [0.5, 0.6) is 5.88 Å². The number of aromatic nitrogens is 1. The maximum atomic E-state index is 14.6. The Kier molecular flexibility index (Phi) is 15.2. The molecule has 3 aromatic carbocycles. The molecule has 4 N–H and O–H groups in total. The van der Waals surface area contributed by atoms with E-state index in [0.717, 1.165) is 27.2 Å². The van der Waals surface area contributed by atoms with Crippen molar-refractivity contribution in [3.8, 4) is 17.1 Å². The number of carbonyl (C=O) groups is 4. The summed E-state index contributed by atoms with van der Waals surface area (Å²) in [4.78, 5) is 63.7. The molecule has 326 valence electrons. The van der Waals surface area contributed by atoms with E-state index in [4.69, 9.17) is 4.74 Å². The Bertz CT molecular complexity index is 2090. The minimum atomic E-state index is -1.26. The van der Waals surface area contributed by atoms with E-state index in [1.807, 2.05) is 118 Å². The summed E-state index contributed by atoms with van der Waals surface area (Å²) in [5, 5.41) is 28.4. The fourth-order valence-electron chi connectivity index (χ4n) is 8.18. The van der Waals surface area contributed by atoms with E-state index in [0.29, 0.717) is 37.6 Å². The number of benzene rings is 3. The SMILES string of the molecule is COc1cccc(-c2ccc(C[C@H](NC(=O)[C@@H](N(C)C(=O)O)C(C)(C)C)[C@H](O)C[C@H](Cc3ccccc3)NC(=O)[C@@H](N3CCN(Cc4ccccc4)C3=O)C(C)(C)C)cc2)n1. The minimum absolute atomic E-state index is 0.0390. The molecule has 1 aliphatic heterocycles. The van der Waals surface area contributed by atoms with Gasteiger partial charge < -0.3 is 35.4 Å². The van der Waals surface area contributed by atoms with Crippen LogP contribution in [0, 0.1) is 10.8 Å². The van der Waals surface area contributed by atoms with Crippen LogP contribution >= 0.6 is 0 Å². The first kappa shape index (κ1) is 46.1. The van der Waals surface area contributed by atoms with Gasteiger partial charge >= 0.3 is 12.1 Å². The molecule has 2 heterocycles. The van der Waals surface area contributed by atoms with Crippen molar-refractivity contribution in [2.75, 3.05) is 27.2 Å². The highest BCUT2D eigenvalue weighted by molar-refractivity contribution is 5.89. The maximum Gasteiger partial charge on any atom is 0.407 e. The highest BCUT2D eigenvalue weighted by atomic mass is 16.5. The molecule has 0 radical (unpaired) electrons. The van der Waals surface area contributed by atoms with Gasteiger partial charge in [-0.2, -0.15) is 0 Å². The number of rotatable bonds is 17. The second-order valence-electron chi connectivity index (χ2n) is 18.1. The normalized spacial score (nSPS) is 15.7. The van der Waals surface area contributed by atoms with Gasteiger partial charge in [0, 0.05) is 44.4 Å². The van der Waals surface area contributed by atoms with Gasteiger partial charge in [-0.3, -0.25) is 14.5 Å². The molecule has 0 saturated carbocycles. The van der Waals surface area contributed by atoms with Crippen molar-refractivity contribution in [2.24, 2.45) is 10.8 Å². The van der Waals surface area contributed by atoms with Crippen LogP contribution in [0.15, 0.2) is 103 Å². The van der Waals surface area contributed by atoms with Gasteiger partial charge in [-0.15, -0.1) is 0 Å². The number of nitrogens with one attached hydrogen (secondary N) is 2. The first-order valence-electron chi connectivity index (χ1n) is 20.8. The van der Waals surface area contributed by atoms with Crippen LogP contribution in [-0.4, -0.2) is 111 Å². The average Bonchev–Trinajstić information content (AvgIpc) is 3.55. The van der Waals surface area contributed by atoms with Crippen molar-refractivity contribution in [1.82, 2.24) is 30.3 Å². The number of aliphatic hydroxyl groups is 1. The molecule has 13 heteroatoms. The zero-order valence-corrected chi connectivity index (χ0v) is 36.7. The van der Waals surface area contributed by atoms with Gasteiger partial charge in [-0.1, -0.05) is 133 Å². The van der Waals surface area contributed by atoms with Gasteiger partial charge in [0.2, 0.25) is 17.7 Å². The molecular weight excluding hydrogens is 773 g/mol. The van der Waals surface area contributed by atoms with Crippen molar-refractivity contribution in [3.63, 3.8) is 0 Å². The monoisotopic (exact) mass is 834 g/mol. The number of methoxy groups -OCH3 is 1. The number of hydrogen-bond acceptors (Lipinski definition) is 7. The standard InChI is InChI=1S/C48H62N6O7/c1-47(2,3)41(52(7)46(59)60)43(56)51-38(29-33-22-24-35(25-23-33)37-20-15-21-40(50-37)61-8)39(55)30-36(28-32-16-11-9-12-17-32)49-44(57)42(48(4,5)6)54-27-26-53(45(54)58)31-34-18-13-10-14-19-34/h9-25,36,38-39,41-42,55H,26-31H2,1-8H3,(H,49,57)(H,51,56)(H,59,60)/t36-,38-,39+,41+,42+/m0/s1. The molecule has 1 fully saturated rings. The van der Waals surface area contributed by atoms with Crippen LogP contribution < -0.4 is 15.4 Å². The lowest BCUT2D eigenvalue weighted by molar-refractivity contribution is -0.131. The molecule has 0 spiro atoms. The molecule has 5 rings (SSSR count). The van der Waals surface area contributed by atoms with Crippen LogP contribution in [0.4, 0.5) is 9.59 Å². The van der Waals surface area contributed by atoms with E-state index in [1.165, 1.54) is 7.05 Å². The van der Waals surface area contributed by atoms with Crippen LogP contribution in [0.2, 0.25) is 0 Å². The lowest BCUT2D eigenvalue weighted by atomic mass is 9.84. The molecule has 5 amide bonds. The number of ether oxygens (including phenoxy) is 1. The molecular formula is C48H62N6O7. The Morgan fingerprint density at radius 2 is 1.38 bits per heavy atom. The van der Waals surface area contributed by atoms with Gasteiger partial charge in [0.1, 0.15) is 12.1 Å². The number of urea groups is 1. The van der Waals surface area contributed by atoms with E-state index in [2.05, 4.69) is 15.6 Å². The predicted molar refractivity (Wildman–Crippen MR) is 236 cm³/mol. The fourth-order valence-corrected chi connectivity index (χ4v) is 8.18. The van der Waals surface area contributed by atoms with E-state index in [-0.39, 0.29) is 24.8 Å².